The van der Waals surface area contributed by atoms with E-state index in [0.29, 0.717) is 0 Å². The molecule has 2 aromatic rings. The molecular weight excluding hydrogens is 216 g/mol. The van der Waals surface area contributed by atoms with Crippen LogP contribution in [0.25, 0.3) is 11.1 Å². The molecule has 0 heteroatoms. The van der Waals surface area contributed by atoms with Gasteiger partial charge in [-0.2, -0.15) is 0 Å². The van der Waals surface area contributed by atoms with Gasteiger partial charge < -0.3 is 0 Å². The Morgan fingerprint density at radius 2 is 1.72 bits per heavy atom. The second-order valence-corrected chi connectivity index (χ2v) is 5.28. The summed E-state index contributed by atoms with van der Waals surface area (Å²) in [6.45, 7) is 2.26. The predicted octanol–water partition coefficient (Wildman–Crippen LogP) is 4.99. The predicted molar refractivity (Wildman–Crippen MR) is 77.9 cm³/mol. The molecular formula is C18H20. The van der Waals surface area contributed by atoms with Crippen LogP contribution in [0.5, 0.6) is 0 Å². The molecule has 0 atom stereocenters. The SMILES string of the molecule is CCCCCc1ccc2c(c1)Cc1ccccc1-2. The van der Waals surface area contributed by atoms with Gasteiger partial charge in [-0.25, -0.2) is 0 Å². The zero-order chi connectivity index (χ0) is 12.4. The fourth-order valence-corrected chi connectivity index (χ4v) is 2.93. The Kier molecular flexibility index (Phi) is 3.19. The van der Waals surface area contributed by atoms with Gasteiger partial charge in [-0.3, -0.25) is 0 Å². The number of benzene rings is 2. The van der Waals surface area contributed by atoms with Crippen LogP contribution < -0.4 is 0 Å². The van der Waals surface area contributed by atoms with E-state index in [1.807, 2.05) is 0 Å². The molecule has 0 nitrogen and oxygen atoms in total. The molecule has 0 amide bonds. The summed E-state index contributed by atoms with van der Waals surface area (Å²) in [6, 6.07) is 15.9. The monoisotopic (exact) mass is 236 g/mol. The zero-order valence-corrected chi connectivity index (χ0v) is 11.1. The molecule has 0 radical (unpaired) electrons. The van der Waals surface area contributed by atoms with Gasteiger partial charge in [-0.05, 0) is 47.1 Å². The lowest BCUT2D eigenvalue weighted by Crippen LogP contribution is -1.88. The summed E-state index contributed by atoms with van der Waals surface area (Å²) < 4.78 is 0. The van der Waals surface area contributed by atoms with Crippen molar-refractivity contribution in [3.63, 3.8) is 0 Å². The standard InChI is InChI=1S/C18H20/c1-2-3-4-7-14-10-11-18-16(12-14)13-15-8-5-6-9-17(15)18/h5-6,8-12H,2-4,7,13H2,1H3. The summed E-state index contributed by atoms with van der Waals surface area (Å²) >= 11 is 0. The maximum atomic E-state index is 2.42. The van der Waals surface area contributed by atoms with Crippen LogP contribution in [0.2, 0.25) is 0 Å². The van der Waals surface area contributed by atoms with E-state index in [1.165, 1.54) is 53.5 Å². The average molecular weight is 236 g/mol. The van der Waals surface area contributed by atoms with Crippen molar-refractivity contribution < 1.29 is 0 Å². The highest BCUT2D eigenvalue weighted by Crippen LogP contribution is 2.36. The van der Waals surface area contributed by atoms with Crippen molar-refractivity contribution in [2.45, 2.75) is 39.0 Å². The molecule has 0 aliphatic heterocycles. The third kappa shape index (κ3) is 2.08. The van der Waals surface area contributed by atoms with E-state index in [-0.39, 0.29) is 0 Å². The quantitative estimate of drug-likeness (QED) is 0.560. The van der Waals surface area contributed by atoms with Crippen molar-refractivity contribution in [3.8, 4) is 11.1 Å². The maximum absolute atomic E-state index is 2.42. The van der Waals surface area contributed by atoms with Gasteiger partial charge in [-0.1, -0.05) is 62.2 Å². The summed E-state index contributed by atoms with van der Waals surface area (Å²) in [6.07, 6.45) is 6.32. The van der Waals surface area contributed by atoms with E-state index < -0.39 is 0 Å². The molecule has 0 saturated carbocycles. The number of aryl methyl sites for hydroxylation is 1. The van der Waals surface area contributed by atoms with E-state index >= 15 is 0 Å². The Labute approximate surface area is 110 Å². The summed E-state index contributed by atoms with van der Waals surface area (Å²) in [7, 11) is 0. The fourth-order valence-electron chi connectivity index (χ4n) is 2.93. The molecule has 0 bridgehead atoms. The first-order chi connectivity index (χ1) is 8.88. The first kappa shape index (κ1) is 11.5. The lowest BCUT2D eigenvalue weighted by Gasteiger charge is -2.05. The van der Waals surface area contributed by atoms with Gasteiger partial charge in [-0.15, -0.1) is 0 Å². The van der Waals surface area contributed by atoms with Gasteiger partial charge in [0.1, 0.15) is 0 Å². The normalized spacial score (nSPS) is 12.3. The smallest absolute Gasteiger partial charge is 0.00134 e. The number of hydrogen-bond acceptors (Lipinski definition) is 0. The van der Waals surface area contributed by atoms with Gasteiger partial charge in [0.25, 0.3) is 0 Å². The lowest BCUT2D eigenvalue weighted by molar-refractivity contribution is 0.717. The minimum Gasteiger partial charge on any atom is -0.0654 e. The Hall–Kier alpha value is -1.56. The van der Waals surface area contributed by atoms with Crippen LogP contribution in [0.4, 0.5) is 0 Å². The molecule has 3 rings (SSSR count). The highest BCUT2D eigenvalue weighted by atomic mass is 14.2. The minimum absolute atomic E-state index is 1.12. The summed E-state index contributed by atoms with van der Waals surface area (Å²) in [5, 5.41) is 0. The second kappa shape index (κ2) is 4.97. The lowest BCUT2D eigenvalue weighted by atomic mass is 10.0. The van der Waals surface area contributed by atoms with Crippen LogP contribution in [-0.4, -0.2) is 0 Å². The molecule has 0 aromatic heterocycles. The molecule has 0 unspecified atom stereocenters. The first-order valence-electron chi connectivity index (χ1n) is 7.08. The van der Waals surface area contributed by atoms with E-state index in [4.69, 9.17) is 0 Å². The van der Waals surface area contributed by atoms with E-state index in [2.05, 4.69) is 49.4 Å². The average Bonchev–Trinajstić information content (AvgIpc) is 2.76. The Morgan fingerprint density at radius 3 is 2.61 bits per heavy atom. The summed E-state index contributed by atoms with van der Waals surface area (Å²) in [5.41, 5.74) is 7.40. The fraction of sp³-hybridized carbons (Fsp3) is 0.333. The van der Waals surface area contributed by atoms with Crippen LogP contribution in [0.1, 0.15) is 42.9 Å². The van der Waals surface area contributed by atoms with Crippen LogP contribution in [0.3, 0.4) is 0 Å². The summed E-state index contributed by atoms with van der Waals surface area (Å²) in [5.74, 6) is 0. The molecule has 0 spiro atoms. The van der Waals surface area contributed by atoms with E-state index in [9.17, 15) is 0 Å². The molecule has 1 aliphatic rings. The largest absolute Gasteiger partial charge is 0.0654 e. The third-order valence-corrected chi connectivity index (χ3v) is 3.93. The molecule has 18 heavy (non-hydrogen) atoms. The second-order valence-electron chi connectivity index (χ2n) is 5.28. The first-order valence-corrected chi connectivity index (χ1v) is 7.08. The Morgan fingerprint density at radius 1 is 0.889 bits per heavy atom. The van der Waals surface area contributed by atoms with Crippen LogP contribution in [0, 0.1) is 0 Å². The molecule has 92 valence electrons. The van der Waals surface area contributed by atoms with Crippen molar-refractivity contribution in [2.24, 2.45) is 0 Å². The molecule has 0 heterocycles. The molecule has 0 N–H and O–H groups in total. The highest BCUT2D eigenvalue weighted by molar-refractivity contribution is 5.76. The third-order valence-electron chi connectivity index (χ3n) is 3.93. The molecule has 1 aliphatic carbocycles. The van der Waals surface area contributed by atoms with Crippen molar-refractivity contribution >= 4 is 0 Å². The van der Waals surface area contributed by atoms with Crippen molar-refractivity contribution in [3.05, 3.63) is 59.2 Å². The Bertz CT molecular complexity index is 552. The molecule has 0 fully saturated rings. The highest BCUT2D eigenvalue weighted by Gasteiger charge is 2.17. The minimum atomic E-state index is 1.12. The zero-order valence-electron chi connectivity index (χ0n) is 11.1. The number of hydrogen-bond donors (Lipinski definition) is 0. The van der Waals surface area contributed by atoms with Gasteiger partial charge in [0, 0.05) is 0 Å². The van der Waals surface area contributed by atoms with Crippen LogP contribution in [-0.2, 0) is 12.8 Å². The number of unbranched alkanes of at least 4 members (excludes halogenated alkanes) is 2. The topological polar surface area (TPSA) is 0 Å². The van der Waals surface area contributed by atoms with Crippen LogP contribution in [0.15, 0.2) is 42.5 Å². The molecule has 2 aromatic carbocycles. The Balaban J connectivity index is 1.84. The van der Waals surface area contributed by atoms with Crippen LogP contribution >= 0.6 is 0 Å². The van der Waals surface area contributed by atoms with Crippen molar-refractivity contribution in [2.75, 3.05) is 0 Å². The van der Waals surface area contributed by atoms with E-state index in [0.717, 1.165) is 6.42 Å². The number of rotatable bonds is 4. The van der Waals surface area contributed by atoms with Gasteiger partial charge in [0.15, 0.2) is 0 Å². The molecule has 0 saturated heterocycles. The van der Waals surface area contributed by atoms with Crippen molar-refractivity contribution in [1.82, 2.24) is 0 Å². The van der Waals surface area contributed by atoms with E-state index in [1.54, 1.807) is 0 Å². The van der Waals surface area contributed by atoms with Gasteiger partial charge in [0.05, 0.1) is 0 Å². The van der Waals surface area contributed by atoms with Gasteiger partial charge in [0.2, 0.25) is 0 Å². The number of fused-ring (bicyclic) bond motifs is 3. The maximum Gasteiger partial charge on any atom is -0.00134 e. The van der Waals surface area contributed by atoms with Crippen molar-refractivity contribution in [1.29, 1.82) is 0 Å². The van der Waals surface area contributed by atoms with Gasteiger partial charge >= 0.3 is 0 Å². The summed E-state index contributed by atoms with van der Waals surface area (Å²) in [4.78, 5) is 0.